The molecule has 96 valence electrons. The van der Waals surface area contributed by atoms with Gasteiger partial charge in [-0.25, -0.2) is 0 Å². The molecule has 0 fully saturated rings. The molecule has 1 N–H and O–H groups in total. The molecule has 0 bridgehead atoms. The third kappa shape index (κ3) is 2.67. The molecular weight excluding hydrogens is 328 g/mol. The van der Waals surface area contributed by atoms with Crippen LogP contribution in [0.2, 0.25) is 0 Å². The van der Waals surface area contributed by atoms with Crippen molar-refractivity contribution in [1.82, 2.24) is 4.98 Å². The Morgan fingerprint density at radius 1 is 1.32 bits per heavy atom. The fraction of sp³-hybridized carbons (Fsp3) is 0.0769. The lowest BCUT2D eigenvalue weighted by atomic mass is 10.1. The van der Waals surface area contributed by atoms with E-state index in [0.29, 0.717) is 5.56 Å². The number of nitriles is 1. The summed E-state index contributed by atoms with van der Waals surface area (Å²) in [6.07, 6.45) is 2.95. The van der Waals surface area contributed by atoms with Gasteiger partial charge in [0.15, 0.2) is 0 Å². The average Bonchev–Trinajstić information content (AvgIpc) is 2.39. The van der Waals surface area contributed by atoms with Crippen LogP contribution in [-0.4, -0.2) is 15.4 Å². The topological polar surface area (TPSA) is 73.7 Å². The Hall–Kier alpha value is -1.71. The molecule has 2 rings (SSSR count). The van der Waals surface area contributed by atoms with Crippen LogP contribution in [0.1, 0.15) is 5.56 Å². The molecule has 1 atom stereocenters. The molecule has 0 spiro atoms. The number of nitrogens with one attached hydrogen (secondary N) is 1. The molecular formula is C13H9BrN2O2S. The molecule has 2 aromatic rings. The van der Waals surface area contributed by atoms with Gasteiger partial charge in [-0.1, -0.05) is 28.1 Å². The second-order valence-corrected chi connectivity index (χ2v) is 6.04. The van der Waals surface area contributed by atoms with Crippen LogP contribution in [0.5, 0.6) is 0 Å². The Kier molecular flexibility index (Phi) is 3.98. The number of hydrogen-bond acceptors (Lipinski definition) is 3. The molecule has 0 amide bonds. The lowest BCUT2D eigenvalue weighted by Crippen LogP contribution is -2.14. The molecule has 0 aliphatic rings. The van der Waals surface area contributed by atoms with E-state index in [1.54, 1.807) is 0 Å². The van der Waals surface area contributed by atoms with Gasteiger partial charge in [-0.3, -0.25) is 9.00 Å². The van der Waals surface area contributed by atoms with Crippen molar-refractivity contribution in [3.8, 4) is 17.2 Å². The number of halogens is 1. The minimum absolute atomic E-state index is 0.0961. The quantitative estimate of drug-likeness (QED) is 0.915. The summed E-state index contributed by atoms with van der Waals surface area (Å²) in [6.45, 7) is 0. The number of rotatable bonds is 2. The van der Waals surface area contributed by atoms with Crippen LogP contribution in [0.15, 0.2) is 44.6 Å². The number of pyridine rings is 1. The largest absolute Gasteiger partial charge is 0.327 e. The van der Waals surface area contributed by atoms with Crippen molar-refractivity contribution in [3.05, 3.63) is 50.9 Å². The summed E-state index contributed by atoms with van der Waals surface area (Å²) in [6, 6.07) is 9.16. The number of aromatic amines is 1. The first kappa shape index (κ1) is 13.7. The number of aromatic nitrogens is 1. The summed E-state index contributed by atoms with van der Waals surface area (Å²) in [5.41, 5.74) is 0.778. The highest BCUT2D eigenvalue weighted by Crippen LogP contribution is 2.27. The van der Waals surface area contributed by atoms with Crippen molar-refractivity contribution < 1.29 is 4.21 Å². The van der Waals surface area contributed by atoms with Crippen LogP contribution in [0, 0.1) is 11.3 Å². The molecule has 1 aromatic carbocycles. The Bertz CT molecular complexity index is 745. The van der Waals surface area contributed by atoms with E-state index >= 15 is 0 Å². The van der Waals surface area contributed by atoms with Gasteiger partial charge in [0.1, 0.15) is 11.6 Å². The SMILES string of the molecule is CS(=O)c1c(-c2ccc(Br)cc2)c[nH]c(=O)c1C#N. The summed E-state index contributed by atoms with van der Waals surface area (Å²) >= 11 is 3.34. The molecule has 0 saturated carbocycles. The van der Waals surface area contributed by atoms with Gasteiger partial charge in [0, 0.05) is 22.5 Å². The van der Waals surface area contributed by atoms with E-state index in [0.717, 1.165) is 10.0 Å². The lowest BCUT2D eigenvalue weighted by molar-refractivity contribution is 0.686. The van der Waals surface area contributed by atoms with Crippen LogP contribution in [0.4, 0.5) is 0 Å². The minimum atomic E-state index is -1.42. The van der Waals surface area contributed by atoms with Gasteiger partial charge in [0.05, 0.1) is 15.7 Å². The average molecular weight is 337 g/mol. The standard InChI is InChI=1S/C13H9BrN2O2S/c1-19(18)12-10(6-15)13(17)16-7-11(12)8-2-4-9(14)5-3-8/h2-5,7H,1H3,(H,16,17). The highest BCUT2D eigenvalue weighted by Gasteiger charge is 2.16. The smallest absolute Gasteiger partial charge is 0.267 e. The zero-order valence-corrected chi connectivity index (χ0v) is 12.3. The molecule has 0 radical (unpaired) electrons. The van der Waals surface area contributed by atoms with E-state index in [9.17, 15) is 9.00 Å². The van der Waals surface area contributed by atoms with E-state index in [2.05, 4.69) is 20.9 Å². The minimum Gasteiger partial charge on any atom is -0.327 e. The van der Waals surface area contributed by atoms with Gasteiger partial charge in [-0.05, 0) is 17.7 Å². The molecule has 1 heterocycles. The zero-order chi connectivity index (χ0) is 14.0. The Morgan fingerprint density at radius 3 is 2.47 bits per heavy atom. The van der Waals surface area contributed by atoms with Crippen LogP contribution >= 0.6 is 15.9 Å². The monoisotopic (exact) mass is 336 g/mol. The Labute approximate surface area is 120 Å². The molecule has 0 saturated heterocycles. The van der Waals surface area contributed by atoms with Crippen molar-refractivity contribution in [2.24, 2.45) is 0 Å². The number of hydrogen-bond donors (Lipinski definition) is 1. The van der Waals surface area contributed by atoms with Crippen LogP contribution in [0.25, 0.3) is 11.1 Å². The Morgan fingerprint density at radius 2 is 1.95 bits per heavy atom. The van der Waals surface area contributed by atoms with E-state index in [1.807, 2.05) is 30.3 Å². The number of H-pyrrole nitrogens is 1. The fourth-order valence-electron chi connectivity index (χ4n) is 1.76. The summed E-state index contributed by atoms with van der Waals surface area (Å²) in [5, 5.41) is 9.05. The predicted octanol–water partition coefficient (Wildman–Crippen LogP) is 2.41. The zero-order valence-electron chi connectivity index (χ0n) is 9.94. The maximum Gasteiger partial charge on any atom is 0.267 e. The predicted molar refractivity (Wildman–Crippen MR) is 77.2 cm³/mol. The summed E-state index contributed by atoms with van der Waals surface area (Å²) in [5.74, 6) is 0. The van der Waals surface area contributed by atoms with Gasteiger partial charge in [0.25, 0.3) is 5.56 Å². The second kappa shape index (κ2) is 5.51. The summed E-state index contributed by atoms with van der Waals surface area (Å²) in [4.78, 5) is 14.4. The molecule has 19 heavy (non-hydrogen) atoms. The summed E-state index contributed by atoms with van der Waals surface area (Å²) < 4.78 is 12.8. The third-order valence-electron chi connectivity index (χ3n) is 2.60. The normalized spacial score (nSPS) is 11.8. The Balaban J connectivity index is 2.78. The first-order valence-electron chi connectivity index (χ1n) is 5.29. The van der Waals surface area contributed by atoms with Gasteiger partial charge in [0.2, 0.25) is 0 Å². The van der Waals surface area contributed by atoms with E-state index in [4.69, 9.17) is 5.26 Å². The molecule has 0 aliphatic carbocycles. The van der Waals surface area contributed by atoms with Crippen molar-refractivity contribution in [1.29, 1.82) is 5.26 Å². The fourth-order valence-corrected chi connectivity index (χ4v) is 2.93. The van der Waals surface area contributed by atoms with E-state index in [-0.39, 0.29) is 10.5 Å². The molecule has 1 unspecified atom stereocenters. The third-order valence-corrected chi connectivity index (χ3v) is 4.13. The van der Waals surface area contributed by atoms with E-state index < -0.39 is 16.4 Å². The molecule has 0 aliphatic heterocycles. The lowest BCUT2D eigenvalue weighted by Gasteiger charge is -2.08. The highest BCUT2D eigenvalue weighted by molar-refractivity contribution is 9.10. The van der Waals surface area contributed by atoms with Crippen molar-refractivity contribution >= 4 is 26.7 Å². The van der Waals surface area contributed by atoms with Crippen molar-refractivity contribution in [2.75, 3.05) is 6.26 Å². The van der Waals surface area contributed by atoms with Crippen LogP contribution < -0.4 is 5.56 Å². The molecule has 1 aromatic heterocycles. The van der Waals surface area contributed by atoms with Crippen LogP contribution in [0.3, 0.4) is 0 Å². The van der Waals surface area contributed by atoms with Crippen molar-refractivity contribution in [3.63, 3.8) is 0 Å². The molecule has 6 heteroatoms. The van der Waals surface area contributed by atoms with Gasteiger partial charge in [-0.2, -0.15) is 5.26 Å². The van der Waals surface area contributed by atoms with E-state index in [1.165, 1.54) is 12.5 Å². The first-order chi connectivity index (χ1) is 9.04. The van der Waals surface area contributed by atoms with Gasteiger partial charge < -0.3 is 4.98 Å². The molecule has 4 nitrogen and oxygen atoms in total. The maximum atomic E-state index is 11.8. The van der Waals surface area contributed by atoms with Crippen molar-refractivity contribution in [2.45, 2.75) is 4.90 Å². The summed E-state index contributed by atoms with van der Waals surface area (Å²) in [7, 11) is -1.42. The highest BCUT2D eigenvalue weighted by atomic mass is 79.9. The number of benzene rings is 1. The maximum absolute atomic E-state index is 11.8. The second-order valence-electron chi connectivity index (χ2n) is 3.81. The number of nitrogens with zero attached hydrogens (tertiary/aromatic N) is 1. The van der Waals surface area contributed by atoms with Gasteiger partial charge in [-0.15, -0.1) is 0 Å². The van der Waals surface area contributed by atoms with Gasteiger partial charge >= 0.3 is 0 Å². The first-order valence-corrected chi connectivity index (χ1v) is 7.65. The van der Waals surface area contributed by atoms with Crippen LogP contribution in [-0.2, 0) is 10.8 Å².